The largest absolute Gasteiger partial charge is 0.457 e. The second-order valence-corrected chi connectivity index (χ2v) is 8.83. The van der Waals surface area contributed by atoms with Crippen molar-refractivity contribution in [2.24, 2.45) is 23.2 Å². The van der Waals surface area contributed by atoms with E-state index in [4.69, 9.17) is 4.74 Å². The zero-order valence-electron chi connectivity index (χ0n) is 15.6. The lowest BCUT2D eigenvalue weighted by Gasteiger charge is -2.43. The van der Waals surface area contributed by atoms with E-state index in [9.17, 15) is 9.59 Å². The van der Waals surface area contributed by atoms with E-state index in [1.807, 2.05) is 13.0 Å². The third kappa shape index (κ3) is 2.79. The molecule has 0 aromatic carbocycles. The molecule has 2 saturated heterocycles. The van der Waals surface area contributed by atoms with Gasteiger partial charge < -0.3 is 9.64 Å². The number of rotatable bonds is 2. The van der Waals surface area contributed by atoms with Crippen LogP contribution in [0.3, 0.4) is 0 Å². The number of nitrogens with zero attached hydrogens (tertiary/aromatic N) is 1. The van der Waals surface area contributed by atoms with Gasteiger partial charge in [0.15, 0.2) is 5.78 Å². The molecule has 4 rings (SSSR count). The molecule has 0 bridgehead atoms. The number of hydrogen-bond donors (Lipinski definition) is 0. The van der Waals surface area contributed by atoms with E-state index in [1.165, 1.54) is 12.8 Å². The van der Waals surface area contributed by atoms with E-state index in [0.29, 0.717) is 5.92 Å². The molecule has 5 atom stereocenters. The molecule has 2 heterocycles. The first-order valence-electron chi connectivity index (χ1n) is 9.77. The molecule has 0 aromatic rings. The minimum absolute atomic E-state index is 0.0406. The number of carbonyl (C=O) groups is 2. The first kappa shape index (κ1) is 17.0. The lowest BCUT2D eigenvalue weighted by molar-refractivity contribution is -0.144. The van der Waals surface area contributed by atoms with Gasteiger partial charge in [0.25, 0.3) is 0 Å². The number of ketones is 1. The van der Waals surface area contributed by atoms with Gasteiger partial charge in [-0.15, -0.1) is 0 Å². The SMILES string of the molecule is CC1=C2[C@H]3OC(=O)[C@H](CN4CCC[C@H](C)C4)[C@@H]3CC[C@@]2(C)C=CC1=O. The minimum Gasteiger partial charge on any atom is -0.457 e. The fourth-order valence-electron chi connectivity index (χ4n) is 5.51. The number of ether oxygens (including phenoxy) is 1. The van der Waals surface area contributed by atoms with Crippen LogP contribution >= 0.6 is 0 Å². The van der Waals surface area contributed by atoms with E-state index < -0.39 is 0 Å². The van der Waals surface area contributed by atoms with E-state index in [0.717, 1.165) is 43.6 Å². The highest BCUT2D eigenvalue weighted by molar-refractivity contribution is 6.05. The number of fused-ring (bicyclic) bond motifs is 3. The second-order valence-electron chi connectivity index (χ2n) is 8.83. The third-order valence-corrected chi connectivity index (χ3v) is 6.92. The van der Waals surface area contributed by atoms with Gasteiger partial charge in [0.2, 0.25) is 0 Å². The smallest absolute Gasteiger partial charge is 0.311 e. The fraction of sp³-hybridized carbons (Fsp3) is 0.714. The van der Waals surface area contributed by atoms with Crippen LogP contribution in [0.1, 0.15) is 46.5 Å². The highest BCUT2D eigenvalue weighted by Crippen LogP contribution is 2.53. The van der Waals surface area contributed by atoms with Crippen molar-refractivity contribution in [3.8, 4) is 0 Å². The van der Waals surface area contributed by atoms with Crippen LogP contribution in [0.5, 0.6) is 0 Å². The Morgan fingerprint density at radius 3 is 2.88 bits per heavy atom. The minimum atomic E-state index is -0.202. The molecule has 0 unspecified atom stereocenters. The van der Waals surface area contributed by atoms with E-state index >= 15 is 0 Å². The van der Waals surface area contributed by atoms with Crippen molar-refractivity contribution in [2.75, 3.05) is 19.6 Å². The molecule has 0 radical (unpaired) electrons. The van der Waals surface area contributed by atoms with Gasteiger partial charge in [-0.2, -0.15) is 0 Å². The Bertz CT molecular complexity index is 664. The summed E-state index contributed by atoms with van der Waals surface area (Å²) in [6, 6.07) is 0. The van der Waals surface area contributed by atoms with Crippen LogP contribution in [0.15, 0.2) is 23.3 Å². The summed E-state index contributed by atoms with van der Waals surface area (Å²) in [5.74, 6) is 0.906. The Balaban J connectivity index is 1.58. The van der Waals surface area contributed by atoms with Crippen molar-refractivity contribution in [3.63, 3.8) is 0 Å². The number of hydrogen-bond acceptors (Lipinski definition) is 4. The standard InChI is InChI=1S/C21H29NO3/c1-13-5-4-10-22(11-13)12-16-15-6-8-21(3)9-7-17(23)14(2)18(21)19(15)25-20(16)24/h7,9,13,15-16,19H,4-6,8,10-12H2,1-3H3/t13-,15-,16+,19-,21-/m0/s1. The topological polar surface area (TPSA) is 46.6 Å². The van der Waals surface area contributed by atoms with Gasteiger partial charge in [-0.25, -0.2) is 0 Å². The van der Waals surface area contributed by atoms with Crippen molar-refractivity contribution in [3.05, 3.63) is 23.3 Å². The molecule has 4 aliphatic rings. The van der Waals surface area contributed by atoms with E-state index in [-0.39, 0.29) is 35.1 Å². The first-order chi connectivity index (χ1) is 11.9. The summed E-state index contributed by atoms with van der Waals surface area (Å²) < 4.78 is 5.89. The molecule has 2 aliphatic carbocycles. The lowest BCUT2D eigenvalue weighted by Crippen LogP contribution is -2.43. The zero-order valence-corrected chi connectivity index (χ0v) is 15.6. The van der Waals surface area contributed by atoms with Crippen LogP contribution in [-0.4, -0.2) is 42.4 Å². The summed E-state index contributed by atoms with van der Waals surface area (Å²) in [5.41, 5.74) is 1.73. The molecule has 4 heteroatoms. The Labute approximate surface area is 150 Å². The molecule has 0 amide bonds. The Morgan fingerprint density at radius 2 is 2.12 bits per heavy atom. The van der Waals surface area contributed by atoms with Gasteiger partial charge in [-0.3, -0.25) is 9.59 Å². The Kier molecular flexibility index (Phi) is 4.14. The van der Waals surface area contributed by atoms with Gasteiger partial charge in [-0.1, -0.05) is 19.9 Å². The van der Waals surface area contributed by atoms with Crippen LogP contribution in [-0.2, 0) is 14.3 Å². The molecule has 0 N–H and O–H groups in total. The van der Waals surface area contributed by atoms with E-state index in [2.05, 4.69) is 18.7 Å². The molecule has 2 aliphatic heterocycles. The molecule has 25 heavy (non-hydrogen) atoms. The number of allylic oxidation sites excluding steroid dienone is 3. The van der Waals surface area contributed by atoms with E-state index in [1.54, 1.807) is 6.08 Å². The average Bonchev–Trinajstić information content (AvgIpc) is 2.87. The number of piperidine rings is 1. The molecule has 3 fully saturated rings. The number of likely N-dealkylation sites (tertiary alicyclic amines) is 1. The Hall–Kier alpha value is -1.42. The number of carbonyl (C=O) groups excluding carboxylic acids is 2. The predicted molar refractivity (Wildman–Crippen MR) is 95.9 cm³/mol. The van der Waals surface area contributed by atoms with Gasteiger partial charge >= 0.3 is 5.97 Å². The Morgan fingerprint density at radius 1 is 1.32 bits per heavy atom. The lowest BCUT2D eigenvalue weighted by atomic mass is 9.61. The van der Waals surface area contributed by atoms with Crippen molar-refractivity contribution >= 4 is 11.8 Å². The predicted octanol–water partition coefficient (Wildman–Crippen LogP) is 3.13. The van der Waals surface area contributed by atoms with Crippen molar-refractivity contribution in [2.45, 2.75) is 52.6 Å². The molecular formula is C21H29NO3. The maximum absolute atomic E-state index is 12.7. The average molecular weight is 343 g/mol. The normalized spacial score (nSPS) is 41.6. The van der Waals surface area contributed by atoms with Crippen LogP contribution in [0.4, 0.5) is 0 Å². The molecule has 136 valence electrons. The summed E-state index contributed by atoms with van der Waals surface area (Å²) in [6.07, 6.45) is 8.02. The summed E-state index contributed by atoms with van der Waals surface area (Å²) in [6.45, 7) is 9.36. The summed E-state index contributed by atoms with van der Waals surface area (Å²) in [7, 11) is 0. The molecule has 0 spiro atoms. The molecular weight excluding hydrogens is 314 g/mol. The van der Waals surface area contributed by atoms with Crippen molar-refractivity contribution in [1.29, 1.82) is 0 Å². The maximum atomic E-state index is 12.7. The summed E-state index contributed by atoms with van der Waals surface area (Å²) in [5, 5.41) is 0. The molecule has 0 aromatic heterocycles. The summed E-state index contributed by atoms with van der Waals surface area (Å²) in [4.78, 5) is 27.3. The van der Waals surface area contributed by atoms with Crippen LogP contribution in [0.2, 0.25) is 0 Å². The quantitative estimate of drug-likeness (QED) is 0.723. The highest BCUT2D eigenvalue weighted by atomic mass is 16.6. The van der Waals surface area contributed by atoms with Gasteiger partial charge in [0, 0.05) is 30.0 Å². The van der Waals surface area contributed by atoms with Crippen LogP contribution in [0.25, 0.3) is 0 Å². The monoisotopic (exact) mass is 343 g/mol. The summed E-state index contributed by atoms with van der Waals surface area (Å²) >= 11 is 0. The van der Waals surface area contributed by atoms with Gasteiger partial charge in [0.1, 0.15) is 6.10 Å². The van der Waals surface area contributed by atoms with Crippen LogP contribution < -0.4 is 0 Å². The molecule has 4 nitrogen and oxygen atoms in total. The second kappa shape index (κ2) is 6.08. The maximum Gasteiger partial charge on any atom is 0.311 e. The van der Waals surface area contributed by atoms with Crippen molar-refractivity contribution in [1.82, 2.24) is 4.90 Å². The zero-order chi connectivity index (χ0) is 17.8. The molecule has 1 saturated carbocycles. The first-order valence-corrected chi connectivity index (χ1v) is 9.77. The fourth-order valence-corrected chi connectivity index (χ4v) is 5.51. The number of esters is 1. The van der Waals surface area contributed by atoms with Crippen LogP contribution in [0, 0.1) is 23.2 Å². The van der Waals surface area contributed by atoms with Crippen molar-refractivity contribution < 1.29 is 14.3 Å². The highest BCUT2D eigenvalue weighted by Gasteiger charge is 2.54. The van der Waals surface area contributed by atoms with Gasteiger partial charge in [0.05, 0.1) is 5.92 Å². The van der Waals surface area contributed by atoms with Gasteiger partial charge in [-0.05, 0) is 56.7 Å². The third-order valence-electron chi connectivity index (χ3n) is 6.92.